The number of anilines is 1. The van der Waals surface area contributed by atoms with E-state index in [0.717, 1.165) is 0 Å². The summed E-state index contributed by atoms with van der Waals surface area (Å²) >= 11 is 0. The molecule has 2 N–H and O–H groups in total. The number of rotatable bonds is 10. The highest BCUT2D eigenvalue weighted by Crippen LogP contribution is 2.29. The Balaban J connectivity index is 1.58. The van der Waals surface area contributed by atoms with Crippen molar-refractivity contribution in [2.45, 2.75) is 31.2 Å². The van der Waals surface area contributed by atoms with Crippen molar-refractivity contribution in [3.05, 3.63) is 78.9 Å². The molecule has 0 saturated carbocycles. The molecule has 3 rings (SSSR count). The van der Waals surface area contributed by atoms with Crippen molar-refractivity contribution in [1.29, 1.82) is 0 Å². The molecule has 0 heterocycles. The molecule has 0 aliphatic carbocycles. The van der Waals surface area contributed by atoms with Gasteiger partial charge in [0.25, 0.3) is 5.91 Å². The fourth-order valence-corrected chi connectivity index (χ4v) is 4.07. The third-order valence-electron chi connectivity index (χ3n) is 4.60. The second-order valence-electron chi connectivity index (χ2n) is 7.15. The number of para-hydroxylation sites is 3. The van der Waals surface area contributed by atoms with E-state index in [1.165, 1.54) is 24.3 Å². The van der Waals surface area contributed by atoms with Gasteiger partial charge in [-0.1, -0.05) is 37.3 Å². The summed E-state index contributed by atoms with van der Waals surface area (Å²) in [4.78, 5) is 12.5. The second kappa shape index (κ2) is 10.8. The maximum atomic E-state index is 12.4. The lowest BCUT2D eigenvalue weighted by molar-refractivity contribution is -0.118. The first-order valence-corrected chi connectivity index (χ1v) is 11.7. The smallest absolute Gasteiger partial charge is 0.262 e. The predicted molar refractivity (Wildman–Crippen MR) is 124 cm³/mol. The molecule has 0 spiro atoms. The van der Waals surface area contributed by atoms with Crippen LogP contribution >= 0.6 is 0 Å². The molecule has 0 unspecified atom stereocenters. The van der Waals surface area contributed by atoms with Crippen LogP contribution in [0.1, 0.15) is 20.3 Å². The van der Waals surface area contributed by atoms with Gasteiger partial charge in [0.15, 0.2) is 12.4 Å². The van der Waals surface area contributed by atoms with Crippen molar-refractivity contribution in [3.63, 3.8) is 0 Å². The topological polar surface area (TPSA) is 93.7 Å². The van der Waals surface area contributed by atoms with Crippen molar-refractivity contribution in [2.24, 2.45) is 0 Å². The van der Waals surface area contributed by atoms with E-state index in [1.807, 2.05) is 43.3 Å². The molecule has 1 atom stereocenters. The Morgan fingerprint density at radius 1 is 0.906 bits per heavy atom. The Hall–Kier alpha value is -3.36. The molecule has 0 aliphatic heterocycles. The zero-order chi connectivity index (χ0) is 23.0. The van der Waals surface area contributed by atoms with Gasteiger partial charge in [-0.2, -0.15) is 0 Å². The van der Waals surface area contributed by atoms with Gasteiger partial charge in [-0.05, 0) is 61.9 Å². The van der Waals surface area contributed by atoms with Crippen LogP contribution in [0.4, 0.5) is 5.69 Å². The molecule has 3 aromatic carbocycles. The van der Waals surface area contributed by atoms with E-state index in [4.69, 9.17) is 9.47 Å². The summed E-state index contributed by atoms with van der Waals surface area (Å²) in [6, 6.07) is 22.1. The van der Waals surface area contributed by atoms with Crippen LogP contribution < -0.4 is 19.5 Å². The number of benzene rings is 3. The fourth-order valence-electron chi connectivity index (χ4n) is 2.74. The van der Waals surface area contributed by atoms with Gasteiger partial charge in [0.05, 0.1) is 10.6 Å². The zero-order valence-corrected chi connectivity index (χ0v) is 18.8. The lowest BCUT2D eigenvalue weighted by Crippen LogP contribution is -2.31. The quantitative estimate of drug-likeness (QED) is 0.468. The van der Waals surface area contributed by atoms with Gasteiger partial charge in [0, 0.05) is 6.04 Å². The Bertz CT molecular complexity index is 1130. The van der Waals surface area contributed by atoms with Crippen molar-refractivity contribution < 1.29 is 22.7 Å². The highest BCUT2D eigenvalue weighted by molar-refractivity contribution is 7.89. The maximum absolute atomic E-state index is 12.4. The monoisotopic (exact) mass is 454 g/mol. The molecular formula is C24H26N2O5S. The van der Waals surface area contributed by atoms with Crippen molar-refractivity contribution in [3.8, 4) is 17.2 Å². The number of hydrogen-bond donors (Lipinski definition) is 2. The number of amides is 1. The highest BCUT2D eigenvalue weighted by Gasteiger charge is 2.16. The summed E-state index contributed by atoms with van der Waals surface area (Å²) in [5.41, 5.74) is 0.516. The van der Waals surface area contributed by atoms with Crippen LogP contribution in [0.5, 0.6) is 17.2 Å². The first-order chi connectivity index (χ1) is 15.4. The SMILES string of the molecule is CC[C@H](C)NS(=O)(=O)c1ccc(OCC(=O)Nc2ccccc2Oc2ccccc2)cc1. The first-order valence-electron chi connectivity index (χ1n) is 10.2. The van der Waals surface area contributed by atoms with Crippen molar-refractivity contribution in [1.82, 2.24) is 4.72 Å². The number of carbonyl (C=O) groups excluding carboxylic acids is 1. The highest BCUT2D eigenvalue weighted by atomic mass is 32.2. The summed E-state index contributed by atoms with van der Waals surface area (Å²) in [5.74, 6) is 1.18. The molecule has 8 heteroatoms. The minimum Gasteiger partial charge on any atom is -0.484 e. The molecule has 0 fully saturated rings. The van der Waals surface area contributed by atoms with E-state index in [0.29, 0.717) is 29.4 Å². The van der Waals surface area contributed by atoms with Crippen molar-refractivity contribution in [2.75, 3.05) is 11.9 Å². The van der Waals surface area contributed by atoms with Crippen LogP contribution in [0.25, 0.3) is 0 Å². The lowest BCUT2D eigenvalue weighted by Gasteiger charge is -2.13. The third-order valence-corrected chi connectivity index (χ3v) is 6.21. The number of hydrogen-bond acceptors (Lipinski definition) is 5. The van der Waals surface area contributed by atoms with E-state index >= 15 is 0 Å². The third kappa shape index (κ3) is 6.57. The zero-order valence-electron chi connectivity index (χ0n) is 17.9. The minimum absolute atomic E-state index is 0.140. The average Bonchev–Trinajstić information content (AvgIpc) is 2.79. The average molecular weight is 455 g/mol. The molecule has 7 nitrogen and oxygen atoms in total. The largest absolute Gasteiger partial charge is 0.484 e. The summed E-state index contributed by atoms with van der Waals surface area (Å²) in [7, 11) is -3.59. The van der Waals surface area contributed by atoms with Crippen LogP contribution in [0.2, 0.25) is 0 Å². The van der Waals surface area contributed by atoms with E-state index < -0.39 is 10.0 Å². The lowest BCUT2D eigenvalue weighted by atomic mass is 10.3. The molecular weight excluding hydrogens is 428 g/mol. The first kappa shape index (κ1) is 23.3. The molecule has 0 aromatic heterocycles. The summed E-state index contributed by atoms with van der Waals surface area (Å²) in [6.07, 6.45) is 0.690. The van der Waals surface area contributed by atoms with E-state index in [2.05, 4.69) is 10.0 Å². The van der Waals surface area contributed by atoms with Gasteiger partial charge < -0.3 is 14.8 Å². The summed E-state index contributed by atoms with van der Waals surface area (Å²) < 4.78 is 38.6. The van der Waals surface area contributed by atoms with E-state index in [1.54, 1.807) is 25.1 Å². The molecule has 1 amide bonds. The van der Waals surface area contributed by atoms with Gasteiger partial charge in [0.1, 0.15) is 11.5 Å². The van der Waals surface area contributed by atoms with Gasteiger partial charge in [0.2, 0.25) is 10.0 Å². The van der Waals surface area contributed by atoms with Crippen LogP contribution in [-0.2, 0) is 14.8 Å². The molecule has 168 valence electrons. The maximum Gasteiger partial charge on any atom is 0.262 e. The minimum atomic E-state index is -3.59. The van der Waals surface area contributed by atoms with E-state index in [-0.39, 0.29) is 23.5 Å². The number of nitrogens with one attached hydrogen (secondary N) is 2. The van der Waals surface area contributed by atoms with Gasteiger partial charge in [-0.15, -0.1) is 0 Å². The van der Waals surface area contributed by atoms with Gasteiger partial charge in [-0.3, -0.25) is 4.79 Å². The fraction of sp³-hybridized carbons (Fsp3) is 0.208. The van der Waals surface area contributed by atoms with Gasteiger partial charge >= 0.3 is 0 Å². The molecule has 0 saturated heterocycles. The molecule has 32 heavy (non-hydrogen) atoms. The normalized spacial score (nSPS) is 12.1. The Morgan fingerprint density at radius 2 is 1.56 bits per heavy atom. The van der Waals surface area contributed by atoms with Crippen LogP contribution in [-0.4, -0.2) is 27.0 Å². The number of ether oxygens (including phenoxy) is 2. The summed E-state index contributed by atoms with van der Waals surface area (Å²) in [6.45, 7) is 3.47. The summed E-state index contributed by atoms with van der Waals surface area (Å²) in [5, 5.41) is 2.77. The Kier molecular flexibility index (Phi) is 7.86. The molecule has 0 bridgehead atoms. The van der Waals surface area contributed by atoms with Crippen molar-refractivity contribution >= 4 is 21.6 Å². The predicted octanol–water partition coefficient (Wildman–Crippen LogP) is 4.57. The Morgan fingerprint density at radius 3 is 2.25 bits per heavy atom. The standard InChI is InChI=1S/C24H26N2O5S/c1-3-18(2)26-32(28,29)21-15-13-19(14-16-21)30-17-24(27)25-22-11-7-8-12-23(22)31-20-9-5-4-6-10-20/h4-16,18,26H,3,17H2,1-2H3,(H,25,27)/t18-/m0/s1. The van der Waals surface area contributed by atoms with Crippen LogP contribution in [0.3, 0.4) is 0 Å². The van der Waals surface area contributed by atoms with E-state index in [9.17, 15) is 13.2 Å². The molecule has 0 aliphatic rings. The van der Waals surface area contributed by atoms with Crippen LogP contribution in [0, 0.1) is 0 Å². The molecule has 0 radical (unpaired) electrons. The molecule has 3 aromatic rings. The number of carbonyl (C=O) groups is 1. The number of sulfonamides is 1. The van der Waals surface area contributed by atoms with Crippen LogP contribution in [0.15, 0.2) is 83.8 Å². The Labute approximate surface area is 188 Å². The van der Waals surface area contributed by atoms with Gasteiger partial charge in [-0.25, -0.2) is 13.1 Å². The second-order valence-corrected chi connectivity index (χ2v) is 8.86.